The molecule has 1 amide bonds. The van der Waals surface area contributed by atoms with Crippen LogP contribution in [0.1, 0.15) is 24.3 Å². The molecule has 1 aromatic rings. The standard InChI is InChI=1S/C11H17N3O2/c1-7(2)8(6-12)14-11(16)10-9(15)4-3-5-13-10/h3-5,7-8,15H,6,12H2,1-2H3,(H,14,16). The van der Waals surface area contributed by atoms with Gasteiger partial charge >= 0.3 is 0 Å². The fourth-order valence-corrected chi connectivity index (χ4v) is 1.31. The van der Waals surface area contributed by atoms with Gasteiger partial charge in [-0.2, -0.15) is 0 Å². The predicted molar refractivity (Wildman–Crippen MR) is 61.0 cm³/mol. The molecule has 1 atom stereocenters. The summed E-state index contributed by atoms with van der Waals surface area (Å²) < 4.78 is 0. The SMILES string of the molecule is CC(C)C(CN)NC(=O)c1ncccc1O. The summed E-state index contributed by atoms with van der Waals surface area (Å²) in [6.45, 7) is 4.29. The third-order valence-electron chi connectivity index (χ3n) is 2.38. The minimum Gasteiger partial charge on any atom is -0.505 e. The molecule has 88 valence electrons. The maximum absolute atomic E-state index is 11.8. The first-order valence-electron chi connectivity index (χ1n) is 5.21. The minimum atomic E-state index is -0.401. The summed E-state index contributed by atoms with van der Waals surface area (Å²) in [6.07, 6.45) is 1.46. The highest BCUT2D eigenvalue weighted by Gasteiger charge is 2.18. The number of nitrogens with one attached hydrogen (secondary N) is 1. The number of amides is 1. The Labute approximate surface area is 94.7 Å². The summed E-state index contributed by atoms with van der Waals surface area (Å²) in [5.74, 6) is -0.290. The van der Waals surface area contributed by atoms with Gasteiger partial charge in [0, 0.05) is 18.8 Å². The van der Waals surface area contributed by atoms with Crippen LogP contribution in [0, 0.1) is 5.92 Å². The van der Waals surface area contributed by atoms with Crippen molar-refractivity contribution in [1.29, 1.82) is 0 Å². The van der Waals surface area contributed by atoms with E-state index >= 15 is 0 Å². The van der Waals surface area contributed by atoms with Crippen LogP contribution in [0.25, 0.3) is 0 Å². The van der Waals surface area contributed by atoms with E-state index in [1.54, 1.807) is 6.07 Å². The van der Waals surface area contributed by atoms with Crippen molar-refractivity contribution in [2.45, 2.75) is 19.9 Å². The van der Waals surface area contributed by atoms with Crippen molar-refractivity contribution in [1.82, 2.24) is 10.3 Å². The van der Waals surface area contributed by atoms with Crippen LogP contribution < -0.4 is 11.1 Å². The van der Waals surface area contributed by atoms with E-state index in [0.29, 0.717) is 6.54 Å². The van der Waals surface area contributed by atoms with Crippen molar-refractivity contribution in [3.05, 3.63) is 24.0 Å². The molecule has 0 saturated carbocycles. The Balaban J connectivity index is 2.76. The zero-order chi connectivity index (χ0) is 12.1. The molecule has 4 N–H and O–H groups in total. The molecule has 0 fully saturated rings. The number of hydrogen-bond donors (Lipinski definition) is 3. The minimum absolute atomic E-state index is 0.0293. The van der Waals surface area contributed by atoms with Gasteiger partial charge in [-0.3, -0.25) is 4.79 Å². The Kier molecular flexibility index (Phi) is 4.25. The Morgan fingerprint density at radius 2 is 2.31 bits per heavy atom. The molecule has 1 heterocycles. The van der Waals surface area contributed by atoms with E-state index < -0.39 is 5.91 Å². The number of pyridine rings is 1. The van der Waals surface area contributed by atoms with Crippen LogP contribution in [0.5, 0.6) is 5.75 Å². The Bertz CT molecular complexity index is 366. The molecule has 5 heteroatoms. The average molecular weight is 223 g/mol. The van der Waals surface area contributed by atoms with Crippen molar-refractivity contribution < 1.29 is 9.90 Å². The molecule has 1 rings (SSSR count). The van der Waals surface area contributed by atoms with Crippen LogP contribution in [0.3, 0.4) is 0 Å². The van der Waals surface area contributed by atoms with E-state index in [1.165, 1.54) is 12.3 Å². The first kappa shape index (κ1) is 12.4. The summed E-state index contributed by atoms with van der Waals surface area (Å²) in [4.78, 5) is 15.6. The fraction of sp³-hybridized carbons (Fsp3) is 0.455. The zero-order valence-electron chi connectivity index (χ0n) is 9.47. The van der Waals surface area contributed by atoms with Crippen LogP contribution in [0.4, 0.5) is 0 Å². The molecule has 16 heavy (non-hydrogen) atoms. The van der Waals surface area contributed by atoms with E-state index in [4.69, 9.17) is 5.73 Å². The lowest BCUT2D eigenvalue weighted by molar-refractivity contribution is 0.0919. The van der Waals surface area contributed by atoms with Gasteiger partial charge in [0.25, 0.3) is 5.91 Å². The number of nitrogens with zero attached hydrogens (tertiary/aromatic N) is 1. The van der Waals surface area contributed by atoms with Gasteiger partial charge in [-0.05, 0) is 18.1 Å². The second-order valence-electron chi connectivity index (χ2n) is 3.93. The van der Waals surface area contributed by atoms with Crippen LogP contribution in [0.2, 0.25) is 0 Å². The Morgan fingerprint density at radius 3 is 2.81 bits per heavy atom. The zero-order valence-corrected chi connectivity index (χ0v) is 9.47. The molecule has 0 aliphatic carbocycles. The van der Waals surface area contributed by atoms with Crippen LogP contribution >= 0.6 is 0 Å². The van der Waals surface area contributed by atoms with E-state index in [9.17, 15) is 9.90 Å². The molecule has 5 nitrogen and oxygen atoms in total. The molecule has 0 bridgehead atoms. The molecule has 1 unspecified atom stereocenters. The number of carbonyl (C=O) groups excluding carboxylic acids is 1. The molecule has 0 saturated heterocycles. The first-order chi connectivity index (χ1) is 7.56. The largest absolute Gasteiger partial charge is 0.505 e. The monoisotopic (exact) mass is 223 g/mol. The van der Waals surface area contributed by atoms with Crippen molar-refractivity contribution in [3.63, 3.8) is 0 Å². The number of nitrogens with two attached hydrogens (primary N) is 1. The third kappa shape index (κ3) is 2.93. The number of rotatable bonds is 4. The van der Waals surface area contributed by atoms with Gasteiger partial charge in [0.05, 0.1) is 0 Å². The summed E-state index contributed by atoms with van der Waals surface area (Å²) in [6, 6.07) is 2.87. The van der Waals surface area contributed by atoms with Gasteiger partial charge in [0.15, 0.2) is 5.69 Å². The fourth-order valence-electron chi connectivity index (χ4n) is 1.31. The predicted octanol–water partition coefficient (Wildman–Crippen LogP) is 0.500. The highest BCUT2D eigenvalue weighted by Crippen LogP contribution is 2.12. The van der Waals surface area contributed by atoms with Crippen molar-refractivity contribution >= 4 is 5.91 Å². The highest BCUT2D eigenvalue weighted by molar-refractivity contribution is 5.94. The van der Waals surface area contributed by atoms with E-state index in [0.717, 1.165) is 0 Å². The smallest absolute Gasteiger partial charge is 0.274 e. The van der Waals surface area contributed by atoms with Gasteiger partial charge in [-0.25, -0.2) is 4.98 Å². The molecular formula is C11H17N3O2. The van der Waals surface area contributed by atoms with Crippen molar-refractivity contribution in [3.8, 4) is 5.75 Å². The van der Waals surface area contributed by atoms with Crippen LogP contribution in [0.15, 0.2) is 18.3 Å². The first-order valence-corrected chi connectivity index (χ1v) is 5.21. The molecule has 0 spiro atoms. The molecule has 0 aliphatic rings. The maximum atomic E-state index is 11.8. The highest BCUT2D eigenvalue weighted by atomic mass is 16.3. The number of aromatic nitrogens is 1. The quantitative estimate of drug-likeness (QED) is 0.693. The molecule has 0 radical (unpaired) electrons. The normalized spacial score (nSPS) is 12.5. The summed E-state index contributed by atoms with van der Waals surface area (Å²) >= 11 is 0. The van der Waals surface area contributed by atoms with Gasteiger partial charge in [0.1, 0.15) is 5.75 Å². The van der Waals surface area contributed by atoms with Gasteiger partial charge < -0.3 is 16.2 Å². The lowest BCUT2D eigenvalue weighted by Crippen LogP contribution is -2.43. The topological polar surface area (TPSA) is 88.2 Å². The van der Waals surface area contributed by atoms with Gasteiger partial charge in [-0.1, -0.05) is 13.8 Å². The third-order valence-corrected chi connectivity index (χ3v) is 2.38. The Morgan fingerprint density at radius 1 is 1.62 bits per heavy atom. The van der Waals surface area contributed by atoms with Crippen molar-refractivity contribution in [2.24, 2.45) is 11.7 Å². The lowest BCUT2D eigenvalue weighted by Gasteiger charge is -2.20. The van der Waals surface area contributed by atoms with Crippen LogP contribution in [-0.4, -0.2) is 28.6 Å². The molecule has 1 aromatic heterocycles. The second-order valence-corrected chi connectivity index (χ2v) is 3.93. The summed E-state index contributed by atoms with van der Waals surface area (Å²) in [7, 11) is 0. The van der Waals surface area contributed by atoms with E-state index in [2.05, 4.69) is 10.3 Å². The molecule has 0 aliphatic heterocycles. The van der Waals surface area contributed by atoms with E-state index in [1.807, 2.05) is 13.8 Å². The average Bonchev–Trinajstić information content (AvgIpc) is 2.25. The summed E-state index contributed by atoms with van der Waals surface area (Å²) in [5.41, 5.74) is 5.57. The van der Waals surface area contributed by atoms with E-state index in [-0.39, 0.29) is 23.4 Å². The molecular weight excluding hydrogens is 206 g/mol. The van der Waals surface area contributed by atoms with Gasteiger partial charge in [-0.15, -0.1) is 0 Å². The van der Waals surface area contributed by atoms with Crippen LogP contribution in [-0.2, 0) is 0 Å². The molecule has 0 aromatic carbocycles. The number of hydrogen-bond acceptors (Lipinski definition) is 4. The summed E-state index contributed by atoms with van der Waals surface area (Å²) in [5, 5.41) is 12.2. The lowest BCUT2D eigenvalue weighted by atomic mass is 10.0. The Hall–Kier alpha value is -1.62. The number of aromatic hydroxyl groups is 1. The van der Waals surface area contributed by atoms with Crippen molar-refractivity contribution in [2.75, 3.05) is 6.54 Å². The maximum Gasteiger partial charge on any atom is 0.274 e. The second kappa shape index (κ2) is 5.46. The number of carbonyl (C=O) groups is 1. The van der Waals surface area contributed by atoms with Gasteiger partial charge in [0.2, 0.25) is 0 Å².